The molecule has 7 nitrogen and oxygen atoms in total. The highest BCUT2D eigenvalue weighted by atomic mass is 35.5. The van der Waals surface area contributed by atoms with Gasteiger partial charge in [0.1, 0.15) is 6.33 Å². The zero-order chi connectivity index (χ0) is 16.9. The third-order valence-electron chi connectivity index (χ3n) is 3.08. The molecule has 0 spiro atoms. The van der Waals surface area contributed by atoms with Gasteiger partial charge in [-0.25, -0.2) is 10.1 Å². The van der Waals surface area contributed by atoms with E-state index in [2.05, 4.69) is 26.1 Å². The lowest BCUT2D eigenvalue weighted by Crippen LogP contribution is -2.17. The summed E-state index contributed by atoms with van der Waals surface area (Å²) < 4.78 is 1.49. The van der Waals surface area contributed by atoms with Gasteiger partial charge in [0.2, 0.25) is 0 Å². The molecule has 1 N–H and O–H groups in total. The second-order valence-electron chi connectivity index (χ2n) is 4.67. The lowest BCUT2D eigenvalue weighted by atomic mass is 10.2. The molecule has 3 rings (SSSR count). The molecule has 9 heteroatoms. The molecule has 0 atom stereocenters. The Bertz CT molecular complexity index is 877. The molecule has 0 radical (unpaired) electrons. The number of carbonyl (C=O) groups excluding carboxylic acids is 1. The van der Waals surface area contributed by atoms with Crippen molar-refractivity contribution in [3.63, 3.8) is 0 Å². The molecule has 0 unspecified atom stereocenters. The molecule has 1 heterocycles. The Hall–Kier alpha value is -2.77. The molecule has 0 saturated heterocycles. The SMILES string of the molecule is O=C(N/N=C/c1ccc(Cl)cc1Cl)c1ccc(-n2cnnn2)cc1. The van der Waals surface area contributed by atoms with Gasteiger partial charge in [0.05, 0.1) is 16.9 Å². The zero-order valence-corrected chi connectivity index (χ0v) is 13.6. The first-order valence-electron chi connectivity index (χ1n) is 6.75. The molecule has 120 valence electrons. The van der Waals surface area contributed by atoms with Crippen LogP contribution in [0.15, 0.2) is 53.9 Å². The maximum atomic E-state index is 12.0. The number of aromatic nitrogens is 4. The maximum Gasteiger partial charge on any atom is 0.271 e. The first-order valence-corrected chi connectivity index (χ1v) is 7.51. The van der Waals surface area contributed by atoms with E-state index >= 15 is 0 Å². The van der Waals surface area contributed by atoms with Crippen molar-refractivity contribution in [1.29, 1.82) is 0 Å². The molecule has 3 aromatic rings. The lowest BCUT2D eigenvalue weighted by Gasteiger charge is -2.02. The van der Waals surface area contributed by atoms with Crippen LogP contribution in [0.2, 0.25) is 10.0 Å². The number of nitrogens with one attached hydrogen (secondary N) is 1. The molecule has 0 aliphatic rings. The Morgan fingerprint density at radius 3 is 2.62 bits per heavy atom. The van der Waals surface area contributed by atoms with E-state index in [4.69, 9.17) is 23.2 Å². The fourth-order valence-corrected chi connectivity index (χ4v) is 2.33. The van der Waals surface area contributed by atoms with Crippen LogP contribution in [0, 0.1) is 0 Å². The normalized spacial score (nSPS) is 10.9. The Labute approximate surface area is 146 Å². The molecule has 0 saturated carbocycles. The number of halogens is 2. The van der Waals surface area contributed by atoms with Crippen LogP contribution in [0.25, 0.3) is 5.69 Å². The van der Waals surface area contributed by atoms with Crippen LogP contribution in [0.4, 0.5) is 0 Å². The van der Waals surface area contributed by atoms with Gasteiger partial charge in [-0.05, 0) is 46.8 Å². The van der Waals surface area contributed by atoms with Crippen molar-refractivity contribution in [1.82, 2.24) is 25.6 Å². The van der Waals surface area contributed by atoms with Crippen molar-refractivity contribution in [2.24, 2.45) is 5.10 Å². The van der Waals surface area contributed by atoms with Gasteiger partial charge >= 0.3 is 0 Å². The number of benzene rings is 2. The summed E-state index contributed by atoms with van der Waals surface area (Å²) in [6, 6.07) is 11.8. The average molecular weight is 361 g/mol. The van der Waals surface area contributed by atoms with Gasteiger partial charge in [0, 0.05) is 16.1 Å². The van der Waals surface area contributed by atoms with E-state index in [-0.39, 0.29) is 5.91 Å². The number of hydrogen-bond donors (Lipinski definition) is 1. The van der Waals surface area contributed by atoms with Crippen molar-refractivity contribution in [2.45, 2.75) is 0 Å². The maximum absolute atomic E-state index is 12.0. The Balaban J connectivity index is 1.65. The lowest BCUT2D eigenvalue weighted by molar-refractivity contribution is 0.0955. The number of nitrogens with zero attached hydrogens (tertiary/aromatic N) is 5. The third-order valence-corrected chi connectivity index (χ3v) is 3.64. The zero-order valence-electron chi connectivity index (χ0n) is 12.1. The second kappa shape index (κ2) is 7.20. The van der Waals surface area contributed by atoms with Gasteiger partial charge in [0.25, 0.3) is 5.91 Å². The van der Waals surface area contributed by atoms with E-state index in [9.17, 15) is 4.79 Å². The predicted molar refractivity (Wildman–Crippen MR) is 90.7 cm³/mol. The van der Waals surface area contributed by atoms with Crippen LogP contribution in [-0.4, -0.2) is 32.3 Å². The molecule has 1 aromatic heterocycles. The quantitative estimate of drug-likeness (QED) is 0.572. The van der Waals surface area contributed by atoms with E-state index in [1.165, 1.54) is 17.2 Å². The number of hydrogen-bond acceptors (Lipinski definition) is 5. The summed E-state index contributed by atoms with van der Waals surface area (Å²) in [7, 11) is 0. The van der Waals surface area contributed by atoms with E-state index < -0.39 is 0 Å². The van der Waals surface area contributed by atoms with Crippen LogP contribution in [0.5, 0.6) is 0 Å². The van der Waals surface area contributed by atoms with Crippen LogP contribution >= 0.6 is 23.2 Å². The third kappa shape index (κ3) is 3.76. The highest BCUT2D eigenvalue weighted by molar-refractivity contribution is 6.36. The van der Waals surface area contributed by atoms with Crippen LogP contribution in [0.3, 0.4) is 0 Å². The monoisotopic (exact) mass is 360 g/mol. The predicted octanol–water partition coefficient (Wildman–Crippen LogP) is 2.73. The van der Waals surface area contributed by atoms with E-state index in [1.54, 1.807) is 42.5 Å². The largest absolute Gasteiger partial charge is 0.271 e. The van der Waals surface area contributed by atoms with Crippen molar-refractivity contribution < 1.29 is 4.79 Å². The standard InChI is InChI=1S/C15H10Cl2N6O/c16-12-4-1-11(14(17)7-12)8-18-20-15(24)10-2-5-13(6-3-10)23-9-19-21-22-23/h1-9H,(H,20,24)/b18-8+. The first-order chi connectivity index (χ1) is 11.6. The van der Waals surface area contributed by atoms with Gasteiger partial charge in [-0.3, -0.25) is 4.79 Å². The minimum atomic E-state index is -0.348. The smallest absolute Gasteiger partial charge is 0.267 e. The highest BCUT2D eigenvalue weighted by Gasteiger charge is 2.05. The van der Waals surface area contributed by atoms with Crippen molar-refractivity contribution in [3.05, 3.63) is 70.0 Å². The molecule has 0 aliphatic heterocycles. The van der Waals surface area contributed by atoms with Crippen LogP contribution in [-0.2, 0) is 0 Å². The van der Waals surface area contributed by atoms with Gasteiger partial charge in [-0.1, -0.05) is 29.3 Å². The first kappa shape index (κ1) is 16.1. The molecule has 24 heavy (non-hydrogen) atoms. The van der Waals surface area contributed by atoms with Gasteiger partial charge < -0.3 is 0 Å². The Kier molecular flexibility index (Phi) is 4.83. The molecular formula is C15H10Cl2N6O. The second-order valence-corrected chi connectivity index (χ2v) is 5.51. The van der Waals surface area contributed by atoms with E-state index in [0.29, 0.717) is 21.2 Å². The van der Waals surface area contributed by atoms with Crippen molar-refractivity contribution >= 4 is 35.3 Å². The molecule has 2 aromatic carbocycles. The summed E-state index contributed by atoms with van der Waals surface area (Å²) >= 11 is 11.8. The summed E-state index contributed by atoms with van der Waals surface area (Å²) in [4.78, 5) is 12.0. The van der Waals surface area contributed by atoms with Gasteiger partial charge in [-0.15, -0.1) is 5.10 Å². The van der Waals surface area contributed by atoms with E-state index in [1.807, 2.05) is 0 Å². The summed E-state index contributed by atoms with van der Waals surface area (Å²) in [6.45, 7) is 0. The fourth-order valence-electron chi connectivity index (χ4n) is 1.88. The van der Waals surface area contributed by atoms with E-state index in [0.717, 1.165) is 5.69 Å². The molecule has 1 amide bonds. The number of amides is 1. The summed E-state index contributed by atoms with van der Waals surface area (Å²) in [5, 5.41) is 15.7. The topological polar surface area (TPSA) is 85.1 Å². The summed E-state index contributed by atoms with van der Waals surface area (Å²) in [6.07, 6.45) is 2.92. The summed E-state index contributed by atoms with van der Waals surface area (Å²) in [5.41, 5.74) is 4.28. The minimum absolute atomic E-state index is 0.348. The number of tetrazole rings is 1. The molecule has 0 aliphatic carbocycles. The van der Waals surface area contributed by atoms with Crippen LogP contribution in [0.1, 0.15) is 15.9 Å². The average Bonchev–Trinajstić information content (AvgIpc) is 3.11. The summed E-state index contributed by atoms with van der Waals surface area (Å²) in [5.74, 6) is -0.348. The fraction of sp³-hybridized carbons (Fsp3) is 0. The number of rotatable bonds is 4. The van der Waals surface area contributed by atoms with Gasteiger partial charge in [-0.2, -0.15) is 5.10 Å². The number of carbonyl (C=O) groups is 1. The Morgan fingerprint density at radius 1 is 1.17 bits per heavy atom. The number of hydrazone groups is 1. The Morgan fingerprint density at radius 2 is 1.96 bits per heavy atom. The van der Waals surface area contributed by atoms with Crippen LogP contribution < -0.4 is 5.43 Å². The highest BCUT2D eigenvalue weighted by Crippen LogP contribution is 2.19. The molecular weight excluding hydrogens is 351 g/mol. The minimum Gasteiger partial charge on any atom is -0.267 e. The molecule has 0 fully saturated rings. The molecule has 0 bridgehead atoms. The van der Waals surface area contributed by atoms with Crippen molar-refractivity contribution in [3.8, 4) is 5.69 Å². The van der Waals surface area contributed by atoms with Gasteiger partial charge in [0.15, 0.2) is 0 Å². The van der Waals surface area contributed by atoms with Crippen molar-refractivity contribution in [2.75, 3.05) is 0 Å².